The number of carbonyl (C=O) groups excluding carboxylic acids is 1. The van der Waals surface area contributed by atoms with E-state index in [0.717, 1.165) is 15.5 Å². The molecule has 0 saturated carbocycles. The molecule has 1 N–H and O–H groups in total. The van der Waals surface area contributed by atoms with Crippen molar-refractivity contribution in [3.8, 4) is 0 Å². The fraction of sp³-hybridized carbons (Fsp3) is 0.235. The minimum atomic E-state index is -3.58. The summed E-state index contributed by atoms with van der Waals surface area (Å²) in [5.74, 6) is 0.351. The molecule has 0 aliphatic carbocycles. The number of carbonyl (C=O) groups is 1. The van der Waals surface area contributed by atoms with E-state index in [4.69, 9.17) is 11.6 Å². The van der Waals surface area contributed by atoms with Gasteiger partial charge in [-0.25, -0.2) is 8.42 Å². The standard InChI is InChI=1S/C17H19ClN2O3S2/c1-25(22,23)20(15-9-7-14(18)8-10-15)13-17(21)19-11-12-24-16-5-3-2-4-6-16/h2-10H,11-13H2,1H3,(H,19,21). The molecule has 1 amide bonds. The van der Waals surface area contributed by atoms with Gasteiger partial charge in [-0.3, -0.25) is 9.10 Å². The van der Waals surface area contributed by atoms with Gasteiger partial charge in [0.2, 0.25) is 15.9 Å². The highest BCUT2D eigenvalue weighted by atomic mass is 35.5. The first-order chi connectivity index (χ1) is 11.9. The SMILES string of the molecule is CS(=O)(=O)N(CC(=O)NCCSc1ccccc1)c1ccc(Cl)cc1. The Morgan fingerprint density at radius 2 is 1.76 bits per heavy atom. The van der Waals surface area contributed by atoms with E-state index in [1.807, 2.05) is 30.3 Å². The first kappa shape index (κ1) is 19.6. The van der Waals surface area contributed by atoms with E-state index in [1.54, 1.807) is 36.0 Å². The van der Waals surface area contributed by atoms with Crippen LogP contribution in [-0.4, -0.2) is 39.4 Å². The molecular weight excluding hydrogens is 380 g/mol. The molecule has 0 aliphatic heterocycles. The maximum absolute atomic E-state index is 12.1. The molecule has 25 heavy (non-hydrogen) atoms. The van der Waals surface area contributed by atoms with Crippen molar-refractivity contribution < 1.29 is 13.2 Å². The molecule has 8 heteroatoms. The van der Waals surface area contributed by atoms with Gasteiger partial charge in [0, 0.05) is 22.2 Å². The van der Waals surface area contributed by atoms with Crippen molar-refractivity contribution in [2.45, 2.75) is 4.90 Å². The molecule has 0 heterocycles. The second-order valence-corrected chi connectivity index (χ2v) is 8.77. The fourth-order valence-corrected chi connectivity index (χ4v) is 3.84. The second kappa shape index (κ2) is 9.12. The second-order valence-electron chi connectivity index (χ2n) is 5.26. The summed E-state index contributed by atoms with van der Waals surface area (Å²) in [7, 11) is -3.58. The molecule has 2 rings (SSSR count). The number of benzene rings is 2. The number of halogens is 1. The summed E-state index contributed by atoms with van der Waals surface area (Å²) >= 11 is 7.45. The third-order valence-corrected chi connectivity index (χ3v) is 5.64. The zero-order chi connectivity index (χ0) is 18.3. The lowest BCUT2D eigenvalue weighted by atomic mass is 10.3. The molecule has 5 nitrogen and oxygen atoms in total. The third kappa shape index (κ3) is 6.61. The van der Waals surface area contributed by atoms with Crippen molar-refractivity contribution in [3.63, 3.8) is 0 Å². The summed E-state index contributed by atoms with van der Waals surface area (Å²) in [5.41, 5.74) is 0.403. The van der Waals surface area contributed by atoms with Crippen LogP contribution >= 0.6 is 23.4 Å². The quantitative estimate of drug-likeness (QED) is 0.548. The van der Waals surface area contributed by atoms with Gasteiger partial charge in [0.15, 0.2) is 0 Å². The molecule has 0 fully saturated rings. The third-order valence-electron chi connectivity index (χ3n) is 3.24. The number of thioether (sulfide) groups is 1. The lowest BCUT2D eigenvalue weighted by Gasteiger charge is -2.21. The lowest BCUT2D eigenvalue weighted by molar-refractivity contribution is -0.119. The van der Waals surface area contributed by atoms with Crippen molar-refractivity contribution in [2.75, 3.05) is 29.4 Å². The van der Waals surface area contributed by atoms with Crippen molar-refractivity contribution >= 4 is 45.0 Å². The maximum Gasteiger partial charge on any atom is 0.240 e. The Morgan fingerprint density at radius 1 is 1.12 bits per heavy atom. The first-order valence-electron chi connectivity index (χ1n) is 7.54. The molecule has 0 aromatic heterocycles. The van der Waals surface area contributed by atoms with Gasteiger partial charge in [0.25, 0.3) is 0 Å². The molecular formula is C17H19ClN2O3S2. The lowest BCUT2D eigenvalue weighted by Crippen LogP contribution is -2.41. The highest BCUT2D eigenvalue weighted by Gasteiger charge is 2.20. The fourth-order valence-electron chi connectivity index (χ4n) is 2.07. The molecule has 2 aromatic carbocycles. The van der Waals surface area contributed by atoms with Gasteiger partial charge in [-0.05, 0) is 36.4 Å². The smallest absolute Gasteiger partial charge is 0.240 e. The summed E-state index contributed by atoms with van der Waals surface area (Å²) < 4.78 is 25.0. The van der Waals surface area contributed by atoms with E-state index in [2.05, 4.69) is 5.32 Å². The Hall–Kier alpha value is -1.70. The summed E-state index contributed by atoms with van der Waals surface area (Å²) in [6, 6.07) is 16.2. The Kier molecular flexibility index (Phi) is 7.16. The Morgan fingerprint density at radius 3 is 2.36 bits per heavy atom. The molecule has 0 radical (unpaired) electrons. The molecule has 0 bridgehead atoms. The molecule has 0 atom stereocenters. The van der Waals surface area contributed by atoms with Crippen LogP contribution in [0.25, 0.3) is 0 Å². The average molecular weight is 399 g/mol. The molecule has 2 aromatic rings. The van der Waals surface area contributed by atoms with Crippen LogP contribution in [0.4, 0.5) is 5.69 Å². The van der Waals surface area contributed by atoms with Crippen LogP contribution in [0.5, 0.6) is 0 Å². The van der Waals surface area contributed by atoms with E-state index in [0.29, 0.717) is 23.0 Å². The topological polar surface area (TPSA) is 66.5 Å². The van der Waals surface area contributed by atoms with E-state index in [9.17, 15) is 13.2 Å². The number of hydrogen-bond donors (Lipinski definition) is 1. The van der Waals surface area contributed by atoms with E-state index in [-0.39, 0.29) is 12.5 Å². The molecule has 0 aliphatic rings. The minimum absolute atomic E-state index is 0.267. The van der Waals surface area contributed by atoms with Crippen LogP contribution in [-0.2, 0) is 14.8 Å². The van der Waals surface area contributed by atoms with Gasteiger partial charge >= 0.3 is 0 Å². The highest BCUT2D eigenvalue weighted by molar-refractivity contribution is 7.99. The number of amides is 1. The van der Waals surface area contributed by atoms with Crippen LogP contribution < -0.4 is 9.62 Å². The van der Waals surface area contributed by atoms with Gasteiger partial charge in [-0.1, -0.05) is 29.8 Å². The Balaban J connectivity index is 1.88. The molecule has 0 saturated heterocycles. The van der Waals surface area contributed by atoms with Crippen molar-refractivity contribution in [1.82, 2.24) is 5.32 Å². The van der Waals surface area contributed by atoms with E-state index < -0.39 is 10.0 Å². The number of rotatable bonds is 8. The number of nitrogens with one attached hydrogen (secondary N) is 1. The highest BCUT2D eigenvalue weighted by Crippen LogP contribution is 2.20. The van der Waals surface area contributed by atoms with E-state index in [1.165, 1.54) is 0 Å². The predicted molar refractivity (Wildman–Crippen MR) is 104 cm³/mol. The summed E-state index contributed by atoms with van der Waals surface area (Å²) in [4.78, 5) is 13.2. The van der Waals surface area contributed by atoms with Crippen molar-refractivity contribution in [3.05, 3.63) is 59.6 Å². The number of hydrogen-bond acceptors (Lipinski definition) is 4. The largest absolute Gasteiger partial charge is 0.354 e. The minimum Gasteiger partial charge on any atom is -0.354 e. The Labute approximate surface area is 157 Å². The summed E-state index contributed by atoms with van der Waals surface area (Å²) in [6.07, 6.45) is 1.07. The average Bonchev–Trinajstić information content (AvgIpc) is 2.57. The van der Waals surface area contributed by atoms with Gasteiger partial charge in [-0.2, -0.15) is 0 Å². The Bertz CT molecular complexity index is 796. The monoisotopic (exact) mass is 398 g/mol. The van der Waals surface area contributed by atoms with Crippen LogP contribution in [0.2, 0.25) is 5.02 Å². The van der Waals surface area contributed by atoms with Crippen LogP contribution in [0.3, 0.4) is 0 Å². The van der Waals surface area contributed by atoms with E-state index >= 15 is 0 Å². The van der Waals surface area contributed by atoms with Gasteiger partial charge in [-0.15, -0.1) is 11.8 Å². The zero-order valence-corrected chi connectivity index (χ0v) is 16.1. The summed E-state index contributed by atoms with van der Waals surface area (Å²) in [6.45, 7) is 0.188. The van der Waals surface area contributed by atoms with Crippen LogP contribution in [0.1, 0.15) is 0 Å². The van der Waals surface area contributed by atoms with Crippen molar-refractivity contribution in [2.24, 2.45) is 0 Å². The van der Waals surface area contributed by atoms with Crippen molar-refractivity contribution in [1.29, 1.82) is 0 Å². The van der Waals surface area contributed by atoms with Crippen LogP contribution in [0, 0.1) is 0 Å². The first-order valence-corrected chi connectivity index (χ1v) is 10.8. The van der Waals surface area contributed by atoms with Crippen LogP contribution in [0.15, 0.2) is 59.5 Å². The summed E-state index contributed by atoms with van der Waals surface area (Å²) in [5, 5.41) is 3.24. The number of nitrogens with zero attached hydrogens (tertiary/aromatic N) is 1. The normalized spacial score (nSPS) is 11.1. The van der Waals surface area contributed by atoms with Gasteiger partial charge in [0.1, 0.15) is 6.54 Å². The molecule has 0 spiro atoms. The molecule has 0 unspecified atom stereocenters. The number of sulfonamides is 1. The predicted octanol–water partition coefficient (Wildman–Crippen LogP) is 3.01. The number of anilines is 1. The van der Waals surface area contributed by atoms with Gasteiger partial charge < -0.3 is 5.32 Å². The zero-order valence-electron chi connectivity index (χ0n) is 13.7. The molecule has 134 valence electrons. The van der Waals surface area contributed by atoms with Gasteiger partial charge in [0.05, 0.1) is 11.9 Å². The maximum atomic E-state index is 12.1.